The van der Waals surface area contributed by atoms with Crippen molar-refractivity contribution < 1.29 is 14.8 Å². The number of hydrogen-bond donors (Lipinski definition) is 1. The van der Waals surface area contributed by atoms with E-state index in [9.17, 15) is 20.0 Å². The maximum absolute atomic E-state index is 11.3. The fourth-order valence-corrected chi connectivity index (χ4v) is 2.39. The molecule has 2 rings (SSSR count). The monoisotopic (exact) mass is 300 g/mol. The second-order valence-electron chi connectivity index (χ2n) is 4.86. The number of aromatic nitrogens is 1. The number of rotatable bonds is 5. The Bertz CT molecular complexity index is 742. The Kier molecular flexibility index (Phi) is 4.41. The Morgan fingerprint density at radius 3 is 2.45 bits per heavy atom. The lowest BCUT2D eigenvalue weighted by atomic mass is 10.1. The zero-order valence-corrected chi connectivity index (χ0v) is 12.3. The molecule has 0 atom stereocenters. The predicted octanol–water partition coefficient (Wildman–Crippen LogP) is 3.36. The van der Waals surface area contributed by atoms with Crippen LogP contribution in [0.2, 0.25) is 0 Å². The van der Waals surface area contributed by atoms with Gasteiger partial charge in [0.05, 0.1) is 4.92 Å². The summed E-state index contributed by atoms with van der Waals surface area (Å²) in [7, 11) is 1.70. The van der Waals surface area contributed by atoms with Gasteiger partial charge >= 0.3 is 5.97 Å². The molecule has 0 bridgehead atoms. The van der Waals surface area contributed by atoms with Crippen LogP contribution in [-0.2, 0) is 13.5 Å². The number of nitro groups is 1. The second-order valence-corrected chi connectivity index (χ2v) is 4.86. The third-order valence-corrected chi connectivity index (χ3v) is 3.44. The number of non-ortho nitro benzene ring substituents is 1. The lowest BCUT2D eigenvalue weighted by Crippen LogP contribution is -2.06. The maximum Gasteiger partial charge on any atom is 0.352 e. The second kappa shape index (κ2) is 6.26. The molecule has 0 aliphatic rings. The number of nitrogens with zero attached hydrogens (tertiary/aromatic N) is 2. The van der Waals surface area contributed by atoms with Crippen LogP contribution < -0.4 is 0 Å². The van der Waals surface area contributed by atoms with Gasteiger partial charge in [0.2, 0.25) is 0 Å². The number of benzene rings is 1. The van der Waals surface area contributed by atoms with Crippen molar-refractivity contribution in [3.63, 3.8) is 0 Å². The van der Waals surface area contributed by atoms with E-state index in [1.54, 1.807) is 29.9 Å². The van der Waals surface area contributed by atoms with E-state index < -0.39 is 10.9 Å². The summed E-state index contributed by atoms with van der Waals surface area (Å²) in [5.41, 5.74) is 2.74. The molecule has 0 aliphatic carbocycles. The molecule has 0 fully saturated rings. The number of nitro benzene ring substituents is 1. The molecule has 114 valence electrons. The van der Waals surface area contributed by atoms with Gasteiger partial charge in [-0.05, 0) is 35.2 Å². The highest BCUT2D eigenvalue weighted by Crippen LogP contribution is 2.21. The topological polar surface area (TPSA) is 85.4 Å². The summed E-state index contributed by atoms with van der Waals surface area (Å²) in [5, 5.41) is 19.9. The van der Waals surface area contributed by atoms with Crippen molar-refractivity contribution in [3.05, 3.63) is 63.0 Å². The summed E-state index contributed by atoms with van der Waals surface area (Å²) < 4.78 is 1.59. The SMILES string of the molecule is CCc1c(C=Cc2ccc([N+](=O)[O-])cc2)cn(C)c1C(=O)O. The Morgan fingerprint density at radius 1 is 1.32 bits per heavy atom. The molecule has 0 amide bonds. The number of aromatic carboxylic acids is 1. The Hall–Kier alpha value is -2.89. The maximum atomic E-state index is 11.3. The molecule has 6 nitrogen and oxygen atoms in total. The third-order valence-electron chi connectivity index (χ3n) is 3.44. The quantitative estimate of drug-likeness (QED) is 0.677. The molecule has 1 aromatic heterocycles. The van der Waals surface area contributed by atoms with E-state index in [1.165, 1.54) is 12.1 Å². The van der Waals surface area contributed by atoms with Gasteiger partial charge < -0.3 is 9.67 Å². The molecular weight excluding hydrogens is 284 g/mol. The van der Waals surface area contributed by atoms with Crippen LogP contribution in [0, 0.1) is 10.1 Å². The Labute approximate surface area is 127 Å². The number of aryl methyl sites for hydroxylation is 1. The molecule has 22 heavy (non-hydrogen) atoms. The highest BCUT2D eigenvalue weighted by Gasteiger charge is 2.16. The smallest absolute Gasteiger partial charge is 0.352 e. The van der Waals surface area contributed by atoms with Crippen LogP contribution in [0.15, 0.2) is 30.5 Å². The van der Waals surface area contributed by atoms with E-state index in [0.717, 1.165) is 16.7 Å². The van der Waals surface area contributed by atoms with E-state index >= 15 is 0 Å². The van der Waals surface area contributed by atoms with Crippen molar-refractivity contribution in [2.24, 2.45) is 7.05 Å². The average Bonchev–Trinajstić information content (AvgIpc) is 2.81. The van der Waals surface area contributed by atoms with Crippen LogP contribution in [0.5, 0.6) is 0 Å². The number of carboxylic acid groups (broad SMARTS) is 1. The molecule has 1 heterocycles. The van der Waals surface area contributed by atoms with E-state index in [-0.39, 0.29) is 11.4 Å². The van der Waals surface area contributed by atoms with E-state index in [2.05, 4.69) is 0 Å². The van der Waals surface area contributed by atoms with Crippen molar-refractivity contribution in [2.45, 2.75) is 13.3 Å². The van der Waals surface area contributed by atoms with Gasteiger partial charge in [-0.2, -0.15) is 0 Å². The first-order chi connectivity index (χ1) is 10.4. The average molecular weight is 300 g/mol. The van der Waals surface area contributed by atoms with Crippen molar-refractivity contribution in [1.29, 1.82) is 0 Å². The summed E-state index contributed by atoms with van der Waals surface area (Å²) >= 11 is 0. The molecule has 1 aromatic carbocycles. The molecule has 0 spiro atoms. The Balaban J connectivity index is 2.32. The summed E-state index contributed by atoms with van der Waals surface area (Å²) in [6, 6.07) is 6.19. The fourth-order valence-electron chi connectivity index (χ4n) is 2.39. The molecule has 0 radical (unpaired) electrons. The minimum Gasteiger partial charge on any atom is -0.477 e. The van der Waals surface area contributed by atoms with Gasteiger partial charge in [-0.3, -0.25) is 10.1 Å². The normalized spacial score (nSPS) is 11.0. The van der Waals surface area contributed by atoms with Gasteiger partial charge in [-0.15, -0.1) is 0 Å². The van der Waals surface area contributed by atoms with Crippen molar-refractivity contribution >= 4 is 23.8 Å². The van der Waals surface area contributed by atoms with Crippen LogP contribution >= 0.6 is 0 Å². The van der Waals surface area contributed by atoms with Crippen molar-refractivity contribution in [2.75, 3.05) is 0 Å². The lowest BCUT2D eigenvalue weighted by molar-refractivity contribution is -0.384. The summed E-state index contributed by atoms with van der Waals surface area (Å²) in [5.74, 6) is -0.950. The zero-order chi connectivity index (χ0) is 16.3. The van der Waals surface area contributed by atoms with Crippen LogP contribution in [0.25, 0.3) is 12.2 Å². The van der Waals surface area contributed by atoms with Crippen molar-refractivity contribution in [3.8, 4) is 0 Å². The van der Waals surface area contributed by atoms with Crippen LogP contribution in [0.3, 0.4) is 0 Å². The van der Waals surface area contributed by atoms with E-state index in [4.69, 9.17) is 0 Å². The predicted molar refractivity (Wildman–Crippen MR) is 83.8 cm³/mol. The van der Waals surface area contributed by atoms with Crippen LogP contribution in [-0.4, -0.2) is 20.6 Å². The summed E-state index contributed by atoms with van der Waals surface area (Å²) in [6.07, 6.45) is 6.02. The summed E-state index contributed by atoms with van der Waals surface area (Å²) in [6.45, 7) is 1.91. The molecule has 2 aromatic rings. The molecular formula is C16H16N2O4. The molecule has 0 saturated carbocycles. The standard InChI is InChI=1S/C16H16N2O4/c1-3-14-12(10-17(2)15(14)16(19)20)7-4-11-5-8-13(9-6-11)18(21)22/h4-10H,3H2,1-2H3,(H,19,20). The largest absolute Gasteiger partial charge is 0.477 e. The fraction of sp³-hybridized carbons (Fsp3) is 0.188. The molecule has 1 N–H and O–H groups in total. The molecule has 0 unspecified atom stereocenters. The van der Waals surface area contributed by atoms with E-state index in [0.29, 0.717) is 6.42 Å². The highest BCUT2D eigenvalue weighted by molar-refractivity contribution is 5.90. The third kappa shape index (κ3) is 3.06. The minimum absolute atomic E-state index is 0.0410. The zero-order valence-electron chi connectivity index (χ0n) is 12.3. The van der Waals surface area contributed by atoms with E-state index in [1.807, 2.05) is 19.1 Å². The number of carbonyl (C=O) groups is 1. The minimum atomic E-state index is -0.950. The molecule has 6 heteroatoms. The first-order valence-electron chi connectivity index (χ1n) is 6.78. The highest BCUT2D eigenvalue weighted by atomic mass is 16.6. The van der Waals surface area contributed by atoms with Gasteiger partial charge in [0.15, 0.2) is 0 Å². The first-order valence-corrected chi connectivity index (χ1v) is 6.78. The molecule has 0 saturated heterocycles. The molecule has 0 aliphatic heterocycles. The Morgan fingerprint density at radius 2 is 1.95 bits per heavy atom. The first kappa shape index (κ1) is 15.5. The van der Waals surface area contributed by atoms with Gasteiger partial charge in [0, 0.05) is 25.4 Å². The number of carboxylic acids is 1. The van der Waals surface area contributed by atoms with Gasteiger partial charge in [0.1, 0.15) is 5.69 Å². The van der Waals surface area contributed by atoms with Crippen LogP contribution in [0.1, 0.15) is 34.1 Å². The van der Waals surface area contributed by atoms with Gasteiger partial charge in [0.25, 0.3) is 5.69 Å². The van der Waals surface area contributed by atoms with Gasteiger partial charge in [-0.1, -0.05) is 19.1 Å². The van der Waals surface area contributed by atoms with Gasteiger partial charge in [-0.25, -0.2) is 4.79 Å². The number of hydrogen-bond acceptors (Lipinski definition) is 3. The van der Waals surface area contributed by atoms with Crippen molar-refractivity contribution in [1.82, 2.24) is 4.57 Å². The van der Waals surface area contributed by atoms with Crippen LogP contribution in [0.4, 0.5) is 5.69 Å². The lowest BCUT2D eigenvalue weighted by Gasteiger charge is -2.00. The summed E-state index contributed by atoms with van der Waals surface area (Å²) in [4.78, 5) is 21.4.